The highest BCUT2D eigenvalue weighted by atomic mass is 127. The molecule has 0 radical (unpaired) electrons. The van der Waals surface area contributed by atoms with Crippen LogP contribution in [0.2, 0.25) is 0 Å². The van der Waals surface area contributed by atoms with Gasteiger partial charge in [0.25, 0.3) is 0 Å². The minimum absolute atomic E-state index is 0. The summed E-state index contributed by atoms with van der Waals surface area (Å²) in [6, 6.07) is 13.3. The Morgan fingerprint density at radius 2 is 1.86 bits per heavy atom. The second-order valence-electron chi connectivity index (χ2n) is 5.76. The highest BCUT2D eigenvalue weighted by Gasteiger charge is 2.26. The molecule has 1 aromatic carbocycles. The van der Waals surface area contributed by atoms with E-state index in [1.165, 1.54) is 0 Å². The van der Waals surface area contributed by atoms with Crippen molar-refractivity contribution in [3.05, 3.63) is 59.8 Å². The molecule has 2 N–H and O–H groups in total. The molecule has 154 valence electrons. The molecule has 2 aromatic rings. The van der Waals surface area contributed by atoms with Crippen molar-refractivity contribution in [1.29, 1.82) is 0 Å². The van der Waals surface area contributed by atoms with Crippen LogP contribution in [-0.4, -0.2) is 30.2 Å². The molecule has 0 saturated carbocycles. The van der Waals surface area contributed by atoms with E-state index < -0.39 is 12.6 Å². The van der Waals surface area contributed by atoms with Gasteiger partial charge in [-0.05, 0) is 24.1 Å². The average molecular weight is 508 g/mol. The van der Waals surface area contributed by atoms with Gasteiger partial charge < -0.3 is 15.4 Å². The van der Waals surface area contributed by atoms with Crippen molar-refractivity contribution >= 4 is 29.9 Å². The Morgan fingerprint density at radius 3 is 2.54 bits per heavy atom. The van der Waals surface area contributed by atoms with E-state index in [-0.39, 0.29) is 30.5 Å². The quantitative estimate of drug-likeness (QED) is 0.318. The highest BCUT2D eigenvalue weighted by molar-refractivity contribution is 14.0. The van der Waals surface area contributed by atoms with E-state index in [0.29, 0.717) is 31.5 Å². The van der Waals surface area contributed by atoms with Gasteiger partial charge in [0.05, 0.1) is 13.0 Å². The van der Waals surface area contributed by atoms with Gasteiger partial charge in [-0.15, -0.1) is 24.0 Å². The number of alkyl halides is 3. The lowest BCUT2D eigenvalue weighted by molar-refractivity contribution is -0.132. The fourth-order valence-corrected chi connectivity index (χ4v) is 2.19. The number of pyridine rings is 1. The van der Waals surface area contributed by atoms with Gasteiger partial charge in [-0.25, -0.2) is 9.98 Å². The van der Waals surface area contributed by atoms with Crippen LogP contribution in [0.15, 0.2) is 53.7 Å². The molecular weight excluding hydrogens is 484 g/mol. The van der Waals surface area contributed by atoms with E-state index in [1.807, 2.05) is 37.3 Å². The minimum atomic E-state index is -4.19. The molecule has 0 aliphatic rings. The van der Waals surface area contributed by atoms with Crippen LogP contribution in [0.5, 0.6) is 5.88 Å². The molecule has 0 aliphatic heterocycles. The molecule has 0 bridgehead atoms. The first-order valence-corrected chi connectivity index (χ1v) is 8.67. The first kappa shape index (κ1) is 24.0. The Morgan fingerprint density at radius 1 is 1.11 bits per heavy atom. The standard InChI is InChI=1S/C19H23F3N4O.HI/c1-2-23-18(25-11-9-19(20,21)22)26-13-16-8-10-24-17(12-16)27-14-15-6-4-3-5-7-15;/h3-8,10,12H,2,9,11,13-14H2,1H3,(H2,23,25,26);1H. The number of nitrogens with zero attached hydrogens (tertiary/aromatic N) is 2. The summed E-state index contributed by atoms with van der Waals surface area (Å²) in [5.41, 5.74) is 1.88. The fraction of sp³-hybridized carbons (Fsp3) is 0.368. The Labute approximate surface area is 179 Å². The molecule has 5 nitrogen and oxygen atoms in total. The largest absolute Gasteiger partial charge is 0.473 e. The Hall–Kier alpha value is -2.04. The number of ether oxygens (including phenoxy) is 1. The van der Waals surface area contributed by atoms with Crippen molar-refractivity contribution in [2.75, 3.05) is 13.1 Å². The molecule has 2 rings (SSSR count). The molecule has 9 heteroatoms. The average Bonchev–Trinajstić information content (AvgIpc) is 2.65. The monoisotopic (exact) mass is 508 g/mol. The maximum Gasteiger partial charge on any atom is 0.390 e. The summed E-state index contributed by atoms with van der Waals surface area (Å²) in [5.74, 6) is 0.812. The van der Waals surface area contributed by atoms with Crippen molar-refractivity contribution in [2.24, 2.45) is 4.99 Å². The number of hydrogen-bond acceptors (Lipinski definition) is 3. The zero-order valence-corrected chi connectivity index (χ0v) is 17.8. The van der Waals surface area contributed by atoms with E-state index in [0.717, 1.165) is 11.1 Å². The fourth-order valence-electron chi connectivity index (χ4n) is 2.19. The summed E-state index contributed by atoms with van der Waals surface area (Å²) in [5, 5.41) is 5.61. The molecule has 0 unspecified atom stereocenters. The van der Waals surface area contributed by atoms with Crippen LogP contribution in [0, 0.1) is 0 Å². The third kappa shape index (κ3) is 9.77. The summed E-state index contributed by atoms with van der Waals surface area (Å²) < 4.78 is 42.5. The van der Waals surface area contributed by atoms with E-state index in [4.69, 9.17) is 4.74 Å². The van der Waals surface area contributed by atoms with Gasteiger partial charge in [0.1, 0.15) is 6.61 Å². The lowest BCUT2D eigenvalue weighted by Crippen LogP contribution is -2.38. The van der Waals surface area contributed by atoms with Crippen LogP contribution in [0.3, 0.4) is 0 Å². The zero-order chi connectivity index (χ0) is 19.5. The Kier molecular flexibility index (Phi) is 10.6. The highest BCUT2D eigenvalue weighted by Crippen LogP contribution is 2.18. The molecule has 1 heterocycles. The molecule has 0 amide bonds. The number of hydrogen-bond donors (Lipinski definition) is 2. The molecule has 1 aromatic heterocycles. The summed E-state index contributed by atoms with van der Waals surface area (Å²) >= 11 is 0. The number of nitrogens with one attached hydrogen (secondary N) is 2. The Balaban J connectivity index is 0.00000392. The van der Waals surface area contributed by atoms with Crippen LogP contribution in [0.4, 0.5) is 13.2 Å². The topological polar surface area (TPSA) is 58.5 Å². The van der Waals surface area contributed by atoms with Crippen LogP contribution >= 0.6 is 24.0 Å². The molecule has 0 atom stereocenters. The van der Waals surface area contributed by atoms with Crippen molar-refractivity contribution in [1.82, 2.24) is 15.6 Å². The summed E-state index contributed by atoms with van der Waals surface area (Å²) in [6.07, 6.45) is -3.49. The van der Waals surface area contributed by atoms with Gasteiger partial charge in [0.15, 0.2) is 5.96 Å². The number of halogens is 4. The van der Waals surface area contributed by atoms with Gasteiger partial charge in [-0.1, -0.05) is 30.3 Å². The summed E-state index contributed by atoms with van der Waals surface area (Å²) in [4.78, 5) is 8.47. The molecular formula is C19H24F3IN4O. The van der Waals surface area contributed by atoms with Crippen molar-refractivity contribution < 1.29 is 17.9 Å². The molecule has 0 aliphatic carbocycles. The first-order valence-electron chi connectivity index (χ1n) is 8.67. The van der Waals surface area contributed by atoms with Gasteiger partial charge >= 0.3 is 6.18 Å². The van der Waals surface area contributed by atoms with Gasteiger partial charge in [0, 0.05) is 25.4 Å². The van der Waals surface area contributed by atoms with Gasteiger partial charge in [-0.3, -0.25) is 0 Å². The van der Waals surface area contributed by atoms with Crippen LogP contribution in [0.25, 0.3) is 0 Å². The third-order valence-corrected chi connectivity index (χ3v) is 3.49. The lowest BCUT2D eigenvalue weighted by Gasteiger charge is -2.12. The van der Waals surface area contributed by atoms with Crippen molar-refractivity contribution in [3.8, 4) is 5.88 Å². The van der Waals surface area contributed by atoms with Crippen molar-refractivity contribution in [3.63, 3.8) is 0 Å². The van der Waals surface area contributed by atoms with E-state index in [2.05, 4.69) is 20.6 Å². The molecule has 0 saturated heterocycles. The number of aromatic nitrogens is 1. The minimum Gasteiger partial charge on any atom is -0.473 e. The molecule has 28 heavy (non-hydrogen) atoms. The number of rotatable bonds is 8. The first-order chi connectivity index (χ1) is 13.0. The normalized spacial score (nSPS) is 11.5. The predicted molar refractivity (Wildman–Crippen MR) is 114 cm³/mol. The molecule has 0 fully saturated rings. The van der Waals surface area contributed by atoms with E-state index in [9.17, 15) is 13.2 Å². The third-order valence-electron chi connectivity index (χ3n) is 3.49. The van der Waals surface area contributed by atoms with Gasteiger partial charge in [0.2, 0.25) is 5.88 Å². The number of benzene rings is 1. The van der Waals surface area contributed by atoms with Crippen LogP contribution in [-0.2, 0) is 13.2 Å². The predicted octanol–water partition coefficient (Wildman–Crippen LogP) is 4.29. The maximum atomic E-state index is 12.3. The van der Waals surface area contributed by atoms with E-state index >= 15 is 0 Å². The summed E-state index contributed by atoms with van der Waals surface area (Å²) in [6.45, 7) is 2.88. The SMILES string of the molecule is CCNC(=NCc1ccnc(OCc2ccccc2)c1)NCCC(F)(F)F.I. The molecule has 0 spiro atoms. The van der Waals surface area contributed by atoms with Crippen molar-refractivity contribution in [2.45, 2.75) is 32.7 Å². The van der Waals surface area contributed by atoms with Crippen LogP contribution in [0.1, 0.15) is 24.5 Å². The number of guanidine groups is 1. The second kappa shape index (κ2) is 12.4. The number of aliphatic imine (C=N–C) groups is 1. The maximum absolute atomic E-state index is 12.3. The van der Waals surface area contributed by atoms with Gasteiger partial charge in [-0.2, -0.15) is 13.2 Å². The van der Waals surface area contributed by atoms with E-state index in [1.54, 1.807) is 18.3 Å². The smallest absolute Gasteiger partial charge is 0.390 e. The second-order valence-corrected chi connectivity index (χ2v) is 5.76. The lowest BCUT2D eigenvalue weighted by atomic mass is 10.2. The Bertz CT molecular complexity index is 727. The zero-order valence-electron chi connectivity index (χ0n) is 15.5. The van der Waals surface area contributed by atoms with Crippen LogP contribution < -0.4 is 15.4 Å². The summed E-state index contributed by atoms with van der Waals surface area (Å²) in [7, 11) is 0.